The summed E-state index contributed by atoms with van der Waals surface area (Å²) in [5, 5.41) is 0. The van der Waals surface area contributed by atoms with Crippen molar-refractivity contribution >= 4 is 22.9 Å². The normalized spacial score (nSPS) is 16.9. The number of allylic oxidation sites excluding steroid dienone is 3. The van der Waals surface area contributed by atoms with E-state index in [-0.39, 0.29) is 0 Å². The fraction of sp³-hybridized carbons (Fsp3) is 0.370. The topological polar surface area (TPSA) is 20.3 Å². The van der Waals surface area contributed by atoms with Gasteiger partial charge in [-0.2, -0.15) is 17.7 Å². The van der Waals surface area contributed by atoms with E-state index in [1.807, 2.05) is 56.3 Å². The SMILES string of the molecule is CCCCN1/C(=C/C=C/c2oc3ccccc3[n+]2CC)C(C)(C)c2cc(C(F)(F)F)ccc21. The van der Waals surface area contributed by atoms with Crippen LogP contribution in [0.1, 0.15) is 57.6 Å². The zero-order valence-corrected chi connectivity index (χ0v) is 19.5. The van der Waals surface area contributed by atoms with Crippen LogP contribution >= 0.6 is 0 Å². The first kappa shape index (κ1) is 23.1. The number of oxazole rings is 1. The average molecular weight is 456 g/mol. The van der Waals surface area contributed by atoms with Crippen LogP contribution < -0.4 is 9.47 Å². The van der Waals surface area contributed by atoms with Crippen LogP contribution in [0.25, 0.3) is 17.2 Å². The van der Waals surface area contributed by atoms with Crippen molar-refractivity contribution in [2.45, 2.75) is 58.7 Å². The summed E-state index contributed by atoms with van der Waals surface area (Å²) < 4.78 is 48.3. The lowest BCUT2D eigenvalue weighted by Gasteiger charge is -2.26. The molecule has 0 saturated heterocycles. The van der Waals surface area contributed by atoms with Crippen molar-refractivity contribution in [3.05, 3.63) is 77.3 Å². The highest BCUT2D eigenvalue weighted by atomic mass is 19.4. The van der Waals surface area contributed by atoms with E-state index in [4.69, 9.17) is 4.42 Å². The first-order valence-corrected chi connectivity index (χ1v) is 11.5. The van der Waals surface area contributed by atoms with Crippen LogP contribution in [0, 0.1) is 0 Å². The van der Waals surface area contributed by atoms with Crippen molar-refractivity contribution in [1.29, 1.82) is 0 Å². The fourth-order valence-corrected chi connectivity index (χ4v) is 4.63. The number of rotatable bonds is 6. The van der Waals surface area contributed by atoms with Gasteiger partial charge in [-0.25, -0.2) is 0 Å². The molecule has 1 aliphatic rings. The van der Waals surface area contributed by atoms with Gasteiger partial charge in [0.15, 0.2) is 0 Å². The fourth-order valence-electron chi connectivity index (χ4n) is 4.63. The number of aryl methyl sites for hydroxylation is 1. The lowest BCUT2D eigenvalue weighted by molar-refractivity contribution is -0.674. The van der Waals surface area contributed by atoms with Gasteiger partial charge in [0.05, 0.1) is 11.6 Å². The molecular formula is C27H30F3N2O+. The molecule has 0 atom stereocenters. The number of halogens is 3. The van der Waals surface area contributed by atoms with Crippen LogP contribution in [0.2, 0.25) is 0 Å². The molecule has 174 valence electrons. The zero-order chi connectivity index (χ0) is 23.8. The molecule has 3 aromatic rings. The molecular weight excluding hydrogens is 425 g/mol. The van der Waals surface area contributed by atoms with Crippen molar-refractivity contribution < 1.29 is 22.2 Å². The Morgan fingerprint density at radius 2 is 1.85 bits per heavy atom. The standard InChI is InChI=1S/C27H30F3N2O/c1-5-7-17-32-21-16-15-19(27(28,29)30)18-20(21)26(3,4)24(32)13-10-14-25-31(6-2)22-11-8-9-12-23(22)33-25/h8-16,18H,5-7,17H2,1-4H3/q+1. The molecule has 0 radical (unpaired) electrons. The number of benzene rings is 2. The molecule has 2 aromatic carbocycles. The molecule has 0 aliphatic carbocycles. The number of unbranched alkanes of at least 4 members (excludes halogenated alkanes) is 1. The van der Waals surface area contributed by atoms with Crippen LogP contribution in [-0.4, -0.2) is 6.54 Å². The summed E-state index contributed by atoms with van der Waals surface area (Å²) in [7, 11) is 0. The Balaban J connectivity index is 1.75. The summed E-state index contributed by atoms with van der Waals surface area (Å²) >= 11 is 0. The van der Waals surface area contributed by atoms with E-state index >= 15 is 0 Å². The highest BCUT2D eigenvalue weighted by Gasteiger charge is 2.42. The summed E-state index contributed by atoms with van der Waals surface area (Å²) in [5.74, 6) is 0.739. The number of anilines is 1. The molecule has 0 bridgehead atoms. The van der Waals surface area contributed by atoms with E-state index in [2.05, 4.69) is 23.3 Å². The van der Waals surface area contributed by atoms with Crippen molar-refractivity contribution in [3.63, 3.8) is 0 Å². The maximum Gasteiger partial charge on any atom is 0.416 e. The molecule has 3 nitrogen and oxygen atoms in total. The number of para-hydroxylation sites is 2. The molecule has 2 heterocycles. The van der Waals surface area contributed by atoms with Crippen LogP contribution in [0.4, 0.5) is 18.9 Å². The summed E-state index contributed by atoms with van der Waals surface area (Å²) in [6.07, 6.45) is 3.48. The molecule has 0 spiro atoms. The molecule has 0 saturated carbocycles. The third-order valence-electron chi connectivity index (χ3n) is 6.40. The Bertz CT molecular complexity index is 1220. The van der Waals surface area contributed by atoms with Gasteiger partial charge in [0.1, 0.15) is 6.54 Å². The van der Waals surface area contributed by atoms with E-state index in [0.29, 0.717) is 5.56 Å². The Morgan fingerprint density at radius 1 is 1.09 bits per heavy atom. The Kier molecular flexibility index (Phi) is 6.12. The van der Waals surface area contributed by atoms with Gasteiger partial charge in [-0.15, -0.1) is 0 Å². The Hall–Kier alpha value is -3.02. The predicted octanol–water partition coefficient (Wildman–Crippen LogP) is 7.25. The van der Waals surface area contributed by atoms with Crippen molar-refractivity contribution in [2.75, 3.05) is 11.4 Å². The minimum atomic E-state index is -4.36. The lowest BCUT2D eigenvalue weighted by atomic mass is 9.83. The van der Waals surface area contributed by atoms with Gasteiger partial charge in [0.25, 0.3) is 5.52 Å². The van der Waals surface area contributed by atoms with E-state index < -0.39 is 17.2 Å². The lowest BCUT2D eigenvalue weighted by Crippen LogP contribution is -2.33. The monoisotopic (exact) mass is 455 g/mol. The van der Waals surface area contributed by atoms with Gasteiger partial charge < -0.3 is 9.32 Å². The van der Waals surface area contributed by atoms with Crippen LogP contribution in [0.3, 0.4) is 0 Å². The summed E-state index contributed by atoms with van der Waals surface area (Å²) in [6, 6.07) is 12.0. The Labute approximate surface area is 192 Å². The number of nitrogens with zero attached hydrogens (tertiary/aromatic N) is 2. The van der Waals surface area contributed by atoms with E-state index in [9.17, 15) is 13.2 Å². The molecule has 0 fully saturated rings. The van der Waals surface area contributed by atoms with Gasteiger partial charge in [-0.1, -0.05) is 45.4 Å². The Morgan fingerprint density at radius 3 is 2.55 bits per heavy atom. The van der Waals surface area contributed by atoms with Crippen molar-refractivity contribution in [3.8, 4) is 0 Å². The number of alkyl halides is 3. The van der Waals surface area contributed by atoms with E-state index in [1.165, 1.54) is 12.1 Å². The van der Waals surface area contributed by atoms with Crippen molar-refractivity contribution in [1.82, 2.24) is 0 Å². The van der Waals surface area contributed by atoms with Gasteiger partial charge in [-0.3, -0.25) is 0 Å². The molecule has 1 aromatic heterocycles. The van der Waals surface area contributed by atoms with Crippen molar-refractivity contribution in [2.24, 2.45) is 0 Å². The van der Waals surface area contributed by atoms with E-state index in [1.54, 1.807) is 6.07 Å². The predicted molar refractivity (Wildman–Crippen MR) is 126 cm³/mol. The van der Waals surface area contributed by atoms with Crippen LogP contribution in [0.5, 0.6) is 0 Å². The smallest absolute Gasteiger partial charge is 0.398 e. The average Bonchev–Trinajstić information content (AvgIpc) is 3.23. The molecule has 6 heteroatoms. The molecule has 0 N–H and O–H groups in total. The number of hydrogen-bond acceptors (Lipinski definition) is 2. The van der Waals surface area contributed by atoms with Gasteiger partial charge in [0.2, 0.25) is 5.58 Å². The molecule has 0 amide bonds. The van der Waals surface area contributed by atoms with Gasteiger partial charge in [-0.05, 0) is 49.2 Å². The second-order valence-corrected chi connectivity index (χ2v) is 8.92. The summed E-state index contributed by atoms with van der Waals surface area (Å²) in [4.78, 5) is 2.16. The number of aromatic nitrogens is 1. The van der Waals surface area contributed by atoms with Crippen LogP contribution in [-0.2, 0) is 18.1 Å². The largest absolute Gasteiger partial charge is 0.416 e. The first-order valence-electron chi connectivity index (χ1n) is 11.5. The highest BCUT2D eigenvalue weighted by molar-refractivity contribution is 5.72. The molecule has 33 heavy (non-hydrogen) atoms. The zero-order valence-electron chi connectivity index (χ0n) is 19.5. The maximum absolute atomic E-state index is 13.4. The third-order valence-corrected chi connectivity index (χ3v) is 6.40. The minimum Gasteiger partial charge on any atom is -0.398 e. The van der Waals surface area contributed by atoms with Gasteiger partial charge in [0, 0.05) is 29.4 Å². The second kappa shape index (κ2) is 8.73. The maximum atomic E-state index is 13.4. The first-order chi connectivity index (χ1) is 15.7. The molecule has 0 unspecified atom stereocenters. The molecule has 1 aliphatic heterocycles. The van der Waals surface area contributed by atoms with Gasteiger partial charge >= 0.3 is 12.1 Å². The van der Waals surface area contributed by atoms with E-state index in [0.717, 1.165) is 54.3 Å². The number of hydrogen-bond donors (Lipinski definition) is 0. The quantitative estimate of drug-likeness (QED) is 0.365. The van der Waals surface area contributed by atoms with Crippen LogP contribution in [0.15, 0.2) is 64.7 Å². The summed E-state index contributed by atoms with van der Waals surface area (Å²) in [6.45, 7) is 9.70. The second-order valence-electron chi connectivity index (χ2n) is 8.92. The molecule has 4 rings (SSSR count). The highest BCUT2D eigenvalue weighted by Crippen LogP contribution is 2.49. The minimum absolute atomic E-state index is 0.552. The summed E-state index contributed by atoms with van der Waals surface area (Å²) in [5.41, 5.74) is 3.25. The third kappa shape index (κ3) is 4.19. The number of fused-ring (bicyclic) bond motifs is 2.